The van der Waals surface area contributed by atoms with Gasteiger partial charge in [0.15, 0.2) is 0 Å². The highest BCUT2D eigenvalue weighted by atomic mass is 35.5. The largest absolute Gasteiger partial charge is 0.397 e. The molecule has 2 aromatic carbocycles. The van der Waals surface area contributed by atoms with E-state index in [1.165, 1.54) is 18.2 Å². The molecule has 0 fully saturated rings. The van der Waals surface area contributed by atoms with Crippen LogP contribution in [0.1, 0.15) is 0 Å². The number of hydrogen-bond donors (Lipinski definition) is 1. The predicted molar refractivity (Wildman–Crippen MR) is 79.6 cm³/mol. The number of benzene rings is 2. The monoisotopic (exact) mass is 323 g/mol. The van der Waals surface area contributed by atoms with Gasteiger partial charge < -0.3 is 10.3 Å². The average molecular weight is 324 g/mol. The zero-order chi connectivity index (χ0) is 15.0. The molecule has 0 unspecified atom stereocenters. The molecule has 21 heavy (non-hydrogen) atoms. The number of nitrogens with zero attached hydrogens (tertiary/aromatic N) is 2. The first-order valence-electron chi connectivity index (χ1n) is 5.89. The summed E-state index contributed by atoms with van der Waals surface area (Å²) in [5, 5.41) is 4.56. The van der Waals surface area contributed by atoms with Gasteiger partial charge in [0.2, 0.25) is 5.82 Å². The molecule has 1 aromatic heterocycles. The highest BCUT2D eigenvalue weighted by Gasteiger charge is 2.15. The molecule has 0 spiro atoms. The summed E-state index contributed by atoms with van der Waals surface area (Å²) in [5.41, 5.74) is 7.26. The molecule has 0 aliphatic heterocycles. The molecule has 0 saturated carbocycles. The fourth-order valence-electron chi connectivity index (χ4n) is 1.81. The quantitative estimate of drug-likeness (QED) is 0.708. The van der Waals surface area contributed by atoms with E-state index in [0.717, 1.165) is 0 Å². The first-order chi connectivity index (χ1) is 10.0. The Bertz CT molecular complexity index is 802. The van der Waals surface area contributed by atoms with Gasteiger partial charge in [0.1, 0.15) is 5.82 Å². The first-order valence-corrected chi connectivity index (χ1v) is 6.65. The molecule has 1 heterocycles. The van der Waals surface area contributed by atoms with E-state index in [0.29, 0.717) is 32.7 Å². The fourth-order valence-corrected chi connectivity index (χ4v) is 2.30. The van der Waals surface area contributed by atoms with Crippen LogP contribution in [0, 0.1) is 5.82 Å². The van der Waals surface area contributed by atoms with E-state index < -0.39 is 0 Å². The molecule has 3 aromatic rings. The second kappa shape index (κ2) is 5.35. The SMILES string of the molecule is Nc1c(Cl)cc(Cl)cc1-c1nc(-c2ccc(F)cc2)no1. The van der Waals surface area contributed by atoms with Gasteiger partial charge in [0.25, 0.3) is 5.89 Å². The molecule has 0 bridgehead atoms. The van der Waals surface area contributed by atoms with Crippen LogP contribution in [-0.4, -0.2) is 10.1 Å². The third-order valence-electron chi connectivity index (χ3n) is 2.85. The molecule has 0 aliphatic rings. The van der Waals surface area contributed by atoms with Crippen molar-refractivity contribution in [2.75, 3.05) is 5.73 Å². The number of hydrogen-bond acceptors (Lipinski definition) is 4. The van der Waals surface area contributed by atoms with E-state index in [4.69, 9.17) is 33.5 Å². The minimum absolute atomic E-state index is 0.191. The van der Waals surface area contributed by atoms with E-state index in [1.807, 2.05) is 0 Å². The second-order valence-electron chi connectivity index (χ2n) is 4.28. The lowest BCUT2D eigenvalue weighted by atomic mass is 10.1. The predicted octanol–water partition coefficient (Wildman–Crippen LogP) is 4.43. The minimum atomic E-state index is -0.340. The Morgan fingerprint density at radius 1 is 1.10 bits per heavy atom. The molecule has 0 atom stereocenters. The van der Waals surface area contributed by atoms with Crippen molar-refractivity contribution >= 4 is 28.9 Å². The number of nitrogens with two attached hydrogens (primary N) is 1. The smallest absolute Gasteiger partial charge is 0.260 e. The van der Waals surface area contributed by atoms with Gasteiger partial charge in [-0.3, -0.25) is 0 Å². The van der Waals surface area contributed by atoms with Crippen LogP contribution < -0.4 is 5.73 Å². The average Bonchev–Trinajstić information content (AvgIpc) is 2.93. The first kappa shape index (κ1) is 13.9. The zero-order valence-corrected chi connectivity index (χ0v) is 12.0. The van der Waals surface area contributed by atoms with Crippen molar-refractivity contribution in [3.63, 3.8) is 0 Å². The summed E-state index contributed by atoms with van der Waals surface area (Å²) in [5.74, 6) is 0.171. The molecule has 3 rings (SSSR count). The van der Waals surface area contributed by atoms with Gasteiger partial charge in [-0.05, 0) is 36.4 Å². The van der Waals surface area contributed by atoms with Gasteiger partial charge in [-0.15, -0.1) is 0 Å². The summed E-state index contributed by atoms with van der Waals surface area (Å²) in [6, 6.07) is 8.85. The Balaban J connectivity index is 2.04. The summed E-state index contributed by atoms with van der Waals surface area (Å²) in [4.78, 5) is 4.23. The van der Waals surface area contributed by atoms with Crippen LogP contribution in [0.5, 0.6) is 0 Å². The van der Waals surface area contributed by atoms with E-state index in [9.17, 15) is 4.39 Å². The molecule has 0 amide bonds. The van der Waals surface area contributed by atoms with Crippen molar-refractivity contribution in [2.45, 2.75) is 0 Å². The number of nitrogen functional groups attached to an aromatic ring is 1. The highest BCUT2D eigenvalue weighted by Crippen LogP contribution is 2.34. The molecule has 2 N–H and O–H groups in total. The number of aromatic nitrogens is 2. The Morgan fingerprint density at radius 2 is 1.81 bits per heavy atom. The van der Waals surface area contributed by atoms with E-state index >= 15 is 0 Å². The van der Waals surface area contributed by atoms with Crippen LogP contribution in [-0.2, 0) is 0 Å². The number of anilines is 1. The summed E-state index contributed by atoms with van der Waals surface area (Å²) < 4.78 is 18.1. The van der Waals surface area contributed by atoms with Crippen molar-refractivity contribution in [1.29, 1.82) is 0 Å². The zero-order valence-electron chi connectivity index (χ0n) is 10.5. The van der Waals surface area contributed by atoms with Gasteiger partial charge in [-0.25, -0.2) is 4.39 Å². The lowest BCUT2D eigenvalue weighted by Gasteiger charge is -2.03. The Labute approximate surface area is 129 Å². The summed E-state index contributed by atoms with van der Waals surface area (Å²) in [6.45, 7) is 0. The van der Waals surface area contributed by atoms with Gasteiger partial charge in [0, 0.05) is 10.6 Å². The van der Waals surface area contributed by atoms with Crippen LogP contribution in [0.3, 0.4) is 0 Å². The molecule has 106 valence electrons. The topological polar surface area (TPSA) is 64.9 Å². The van der Waals surface area contributed by atoms with E-state index in [-0.39, 0.29) is 11.7 Å². The molecule has 4 nitrogen and oxygen atoms in total. The Hall–Kier alpha value is -2.11. The molecule has 0 radical (unpaired) electrons. The standard InChI is InChI=1S/C14H8Cl2FN3O/c15-8-5-10(12(18)11(16)6-8)14-19-13(20-21-14)7-1-3-9(17)4-2-7/h1-6H,18H2. The van der Waals surface area contributed by atoms with E-state index in [2.05, 4.69) is 10.1 Å². The number of rotatable bonds is 2. The molecule has 7 heteroatoms. The van der Waals surface area contributed by atoms with Crippen molar-refractivity contribution < 1.29 is 8.91 Å². The summed E-state index contributed by atoms with van der Waals surface area (Å²) in [6.07, 6.45) is 0. The van der Waals surface area contributed by atoms with Crippen LogP contribution in [0.15, 0.2) is 40.9 Å². The Kier molecular flexibility index (Phi) is 3.53. The second-order valence-corrected chi connectivity index (χ2v) is 5.12. The third kappa shape index (κ3) is 2.70. The maximum atomic E-state index is 12.9. The maximum Gasteiger partial charge on any atom is 0.260 e. The third-order valence-corrected chi connectivity index (χ3v) is 3.38. The normalized spacial score (nSPS) is 10.8. The van der Waals surface area contributed by atoms with E-state index in [1.54, 1.807) is 18.2 Å². The lowest BCUT2D eigenvalue weighted by Crippen LogP contribution is -1.92. The highest BCUT2D eigenvalue weighted by molar-refractivity contribution is 6.37. The Morgan fingerprint density at radius 3 is 2.52 bits per heavy atom. The van der Waals surface area contributed by atoms with Crippen LogP contribution >= 0.6 is 23.2 Å². The van der Waals surface area contributed by atoms with Crippen molar-refractivity contribution in [3.05, 3.63) is 52.3 Å². The molecule has 0 aliphatic carbocycles. The van der Waals surface area contributed by atoms with Crippen molar-refractivity contribution in [2.24, 2.45) is 0 Å². The molecule has 0 saturated heterocycles. The minimum Gasteiger partial charge on any atom is -0.397 e. The van der Waals surface area contributed by atoms with Crippen LogP contribution in [0.4, 0.5) is 10.1 Å². The lowest BCUT2D eigenvalue weighted by molar-refractivity contribution is 0.432. The van der Waals surface area contributed by atoms with Crippen LogP contribution in [0.25, 0.3) is 22.8 Å². The maximum absolute atomic E-state index is 12.9. The summed E-state index contributed by atoms with van der Waals surface area (Å²) in [7, 11) is 0. The van der Waals surface area contributed by atoms with Crippen molar-refractivity contribution in [3.8, 4) is 22.8 Å². The van der Waals surface area contributed by atoms with Gasteiger partial charge >= 0.3 is 0 Å². The van der Waals surface area contributed by atoms with Gasteiger partial charge in [0.05, 0.1) is 16.3 Å². The number of halogens is 3. The fraction of sp³-hybridized carbons (Fsp3) is 0. The van der Waals surface area contributed by atoms with Crippen molar-refractivity contribution in [1.82, 2.24) is 10.1 Å². The molecular weight excluding hydrogens is 316 g/mol. The van der Waals surface area contributed by atoms with Gasteiger partial charge in [-0.2, -0.15) is 4.98 Å². The summed E-state index contributed by atoms with van der Waals surface area (Å²) >= 11 is 11.9. The van der Waals surface area contributed by atoms with Gasteiger partial charge in [-0.1, -0.05) is 28.4 Å². The van der Waals surface area contributed by atoms with Crippen LogP contribution in [0.2, 0.25) is 10.0 Å². The molecular formula is C14H8Cl2FN3O.